The van der Waals surface area contributed by atoms with Gasteiger partial charge in [-0.05, 0) is 35.2 Å². The average molecular weight is 590 g/mol. The van der Waals surface area contributed by atoms with Gasteiger partial charge in [-0.1, -0.05) is 55.5 Å². The number of aliphatic hydroxyl groups is 1. The molecule has 0 aromatic heterocycles. The maximum Gasteiger partial charge on any atom is 0.414 e. The summed E-state index contributed by atoms with van der Waals surface area (Å²) in [5.74, 6) is -5.21. The third-order valence-electron chi connectivity index (χ3n) is 7.44. The lowest BCUT2D eigenvalue weighted by molar-refractivity contribution is -0.240. The first-order valence-electron chi connectivity index (χ1n) is 13.4. The van der Waals surface area contributed by atoms with Crippen molar-refractivity contribution in [2.24, 2.45) is 16.0 Å². The molecule has 42 heavy (non-hydrogen) atoms. The highest BCUT2D eigenvalue weighted by molar-refractivity contribution is 6.41. The Labute approximate surface area is 238 Å². The first kappa shape index (κ1) is 29.6. The fraction of sp³-hybridized carbons (Fsp3) is 0.367. The Morgan fingerprint density at radius 1 is 1.02 bits per heavy atom. The number of hydrazone groups is 1. The van der Waals surface area contributed by atoms with E-state index in [2.05, 4.69) is 10.1 Å². The molecule has 5 rings (SSSR count). The highest BCUT2D eigenvalue weighted by atomic mass is 19.4. The number of carbonyl (C=O) groups is 1. The van der Waals surface area contributed by atoms with Crippen LogP contribution in [0.15, 0.2) is 70.8 Å². The Balaban J connectivity index is 1.44. The van der Waals surface area contributed by atoms with Gasteiger partial charge in [-0.25, -0.2) is 8.78 Å². The Hall–Kier alpha value is -3.90. The minimum atomic E-state index is -4.98. The Bertz CT molecular complexity index is 1440. The third kappa shape index (κ3) is 6.14. The van der Waals surface area contributed by atoms with E-state index in [0.717, 1.165) is 17.5 Å². The molecule has 12 heteroatoms. The normalized spacial score (nSPS) is 20.5. The van der Waals surface area contributed by atoms with Gasteiger partial charge in [0, 0.05) is 23.5 Å². The van der Waals surface area contributed by atoms with Gasteiger partial charge in [0.1, 0.15) is 11.9 Å². The monoisotopic (exact) mass is 589 g/mol. The van der Waals surface area contributed by atoms with Gasteiger partial charge in [0.2, 0.25) is 0 Å². The fourth-order valence-corrected chi connectivity index (χ4v) is 4.81. The zero-order chi connectivity index (χ0) is 30.2. The van der Waals surface area contributed by atoms with Crippen LogP contribution in [0.25, 0.3) is 11.1 Å². The summed E-state index contributed by atoms with van der Waals surface area (Å²) in [6, 6.07) is 13.9. The lowest BCUT2D eigenvalue weighted by Gasteiger charge is -2.34. The van der Waals surface area contributed by atoms with Gasteiger partial charge in [-0.2, -0.15) is 23.3 Å². The number of amidine groups is 1. The quantitative estimate of drug-likeness (QED) is 0.281. The van der Waals surface area contributed by atoms with E-state index in [9.17, 15) is 37.0 Å². The lowest BCUT2D eigenvalue weighted by Crippen LogP contribution is -2.47. The molecule has 0 radical (unpaired) electrons. The fourth-order valence-electron chi connectivity index (χ4n) is 4.81. The van der Waals surface area contributed by atoms with Gasteiger partial charge >= 0.3 is 6.18 Å². The van der Waals surface area contributed by atoms with Crippen LogP contribution in [0.4, 0.5) is 22.0 Å². The molecule has 0 saturated heterocycles. The summed E-state index contributed by atoms with van der Waals surface area (Å²) in [5, 5.41) is 24.6. The number of aliphatic hydroxyl groups excluding tert-OH is 1. The smallest absolute Gasteiger partial charge is 0.414 e. The van der Waals surface area contributed by atoms with Gasteiger partial charge < -0.3 is 14.9 Å². The van der Waals surface area contributed by atoms with Crippen molar-refractivity contribution in [1.29, 1.82) is 0 Å². The molecule has 7 nitrogen and oxygen atoms in total. The van der Waals surface area contributed by atoms with Crippen molar-refractivity contribution < 1.29 is 41.7 Å². The highest BCUT2D eigenvalue weighted by Crippen LogP contribution is 2.38. The molecule has 0 bridgehead atoms. The van der Waals surface area contributed by atoms with Gasteiger partial charge in [0.25, 0.3) is 11.8 Å². The highest BCUT2D eigenvalue weighted by Gasteiger charge is 2.47. The Morgan fingerprint density at radius 2 is 1.67 bits per heavy atom. The zero-order valence-electron chi connectivity index (χ0n) is 22.4. The van der Waals surface area contributed by atoms with Crippen LogP contribution in [0, 0.1) is 5.92 Å². The van der Waals surface area contributed by atoms with Crippen LogP contribution >= 0.6 is 0 Å². The molecule has 2 N–H and O–H groups in total. The first-order chi connectivity index (χ1) is 19.9. The van der Waals surface area contributed by atoms with E-state index in [1.807, 2.05) is 36.4 Å². The number of fused-ring (bicyclic) bond motifs is 1. The van der Waals surface area contributed by atoms with Crippen molar-refractivity contribution in [2.45, 2.75) is 50.0 Å². The number of phenolic OH excluding ortho intramolecular Hbond substituents is 1. The van der Waals surface area contributed by atoms with E-state index < -0.39 is 55.6 Å². The number of carbonyl (C=O) groups excluding carboxylic acids is 1. The number of phenols is 1. The number of rotatable bonds is 10. The van der Waals surface area contributed by atoms with Crippen molar-refractivity contribution in [3.8, 4) is 5.75 Å². The number of hydrogen-bond donors (Lipinski definition) is 2. The standard InChI is InChI=1S/C30H28F5N3O4/c1-2-29(31,32)24(40)16-42-25(30(33,34)35)13-21-14-36-27-26(20-7-5-18(6-8-20)17-3-4-17)23(15-37-38(27)28(21)41)19-9-11-22(39)12-10-19/h3-12,15,17,21,24-25,39-40H,2,13-14,16H2,1H3. The van der Waals surface area contributed by atoms with Crippen LogP contribution in [0.1, 0.15) is 42.4 Å². The summed E-state index contributed by atoms with van der Waals surface area (Å²) in [7, 11) is 0. The molecule has 2 heterocycles. The molecule has 3 atom stereocenters. The molecule has 2 aromatic rings. The van der Waals surface area contributed by atoms with E-state index >= 15 is 0 Å². The summed E-state index contributed by atoms with van der Waals surface area (Å²) in [5.41, 5.74) is 3.58. The van der Waals surface area contributed by atoms with E-state index in [1.165, 1.54) is 18.3 Å². The summed E-state index contributed by atoms with van der Waals surface area (Å²) < 4.78 is 73.5. The topological polar surface area (TPSA) is 94.7 Å². The molecule has 1 aliphatic carbocycles. The number of benzene rings is 2. The van der Waals surface area contributed by atoms with Crippen molar-refractivity contribution in [2.75, 3.05) is 13.2 Å². The second-order valence-corrected chi connectivity index (χ2v) is 10.4. The lowest BCUT2D eigenvalue weighted by atomic mass is 9.90. The Kier molecular flexibility index (Phi) is 8.04. The summed E-state index contributed by atoms with van der Waals surface area (Å²) >= 11 is 0. The van der Waals surface area contributed by atoms with Crippen LogP contribution in [0.2, 0.25) is 0 Å². The maximum absolute atomic E-state index is 13.8. The average Bonchev–Trinajstić information content (AvgIpc) is 3.81. The molecule has 3 aliphatic rings. The number of halogens is 5. The van der Waals surface area contributed by atoms with Crippen molar-refractivity contribution in [3.05, 3.63) is 77.4 Å². The summed E-state index contributed by atoms with van der Waals surface area (Å²) in [6.07, 6.45) is -6.15. The summed E-state index contributed by atoms with van der Waals surface area (Å²) in [4.78, 5) is 17.9. The second kappa shape index (κ2) is 11.4. The van der Waals surface area contributed by atoms with Crippen LogP contribution in [-0.4, -0.2) is 70.6 Å². The van der Waals surface area contributed by atoms with Crippen molar-refractivity contribution in [3.63, 3.8) is 0 Å². The van der Waals surface area contributed by atoms with Crippen LogP contribution in [0.5, 0.6) is 5.75 Å². The first-order valence-corrected chi connectivity index (χ1v) is 13.4. The number of nitrogens with zero attached hydrogens (tertiary/aromatic N) is 3. The van der Waals surface area contributed by atoms with Gasteiger partial charge in [-0.3, -0.25) is 9.79 Å². The third-order valence-corrected chi connectivity index (χ3v) is 7.44. The molecular weight excluding hydrogens is 561 g/mol. The molecule has 2 aliphatic heterocycles. The predicted octanol–water partition coefficient (Wildman–Crippen LogP) is 5.56. The minimum Gasteiger partial charge on any atom is -0.508 e. The van der Waals surface area contributed by atoms with Crippen molar-refractivity contribution in [1.82, 2.24) is 5.01 Å². The molecule has 0 spiro atoms. The molecule has 0 fully saturated rings. The predicted molar refractivity (Wildman–Crippen MR) is 146 cm³/mol. The van der Waals surface area contributed by atoms with E-state index in [4.69, 9.17) is 4.74 Å². The summed E-state index contributed by atoms with van der Waals surface area (Å²) in [6.45, 7) is -0.480. The van der Waals surface area contributed by atoms with Gasteiger partial charge in [-0.15, -0.1) is 0 Å². The molecule has 2 aromatic carbocycles. The van der Waals surface area contributed by atoms with Crippen LogP contribution in [0.3, 0.4) is 0 Å². The van der Waals surface area contributed by atoms with Crippen LogP contribution < -0.4 is 0 Å². The van der Waals surface area contributed by atoms with Crippen LogP contribution in [-0.2, 0) is 9.53 Å². The number of hydrogen-bond acceptors (Lipinski definition) is 6. The molecule has 3 unspecified atom stereocenters. The molecular formula is C30H28F5N3O4. The molecule has 1 amide bonds. The molecule has 222 valence electrons. The van der Waals surface area contributed by atoms with E-state index in [-0.39, 0.29) is 24.0 Å². The number of amides is 1. The van der Waals surface area contributed by atoms with Crippen molar-refractivity contribution >= 4 is 29.1 Å². The Morgan fingerprint density at radius 3 is 2.26 bits per heavy atom. The van der Waals surface area contributed by atoms with E-state index in [1.54, 1.807) is 12.1 Å². The second-order valence-electron chi connectivity index (χ2n) is 10.4. The maximum atomic E-state index is 13.8. The van der Waals surface area contributed by atoms with E-state index in [0.29, 0.717) is 22.3 Å². The largest absolute Gasteiger partial charge is 0.508 e. The number of allylic oxidation sites excluding steroid dienone is 3. The zero-order valence-corrected chi connectivity index (χ0v) is 22.4. The number of aromatic hydroxyl groups is 1. The minimum absolute atomic E-state index is 0.0527. The molecule has 0 saturated carbocycles. The number of ether oxygens (including phenoxy) is 1. The SMILES string of the molecule is CCC(F)(F)C(O)COC(CC1CN=C2C(c3ccc(C4C=C4)cc3)=C(c3ccc(O)cc3)C=NN2C1=O)C(F)(F)F. The van der Waals surface area contributed by atoms with Gasteiger partial charge in [0.05, 0.1) is 25.3 Å². The number of alkyl halides is 5. The number of aliphatic imine (C=N–C) groups is 1. The van der Waals surface area contributed by atoms with Gasteiger partial charge in [0.15, 0.2) is 11.9 Å².